The number of nitrogen functional groups attached to an aromatic ring is 1. The molecule has 1 aromatic heterocycles. The topological polar surface area (TPSA) is 93.4 Å². The van der Waals surface area contributed by atoms with Crippen LogP contribution in [0.3, 0.4) is 0 Å². The lowest BCUT2D eigenvalue weighted by Gasteiger charge is -2.29. The molecule has 3 aromatic rings. The molecule has 4 rings (SSSR count). The van der Waals surface area contributed by atoms with Crippen molar-refractivity contribution in [2.75, 3.05) is 42.3 Å². The first-order valence-electron chi connectivity index (χ1n) is 9.13. The van der Waals surface area contributed by atoms with Crippen molar-refractivity contribution < 1.29 is 9.53 Å². The minimum Gasteiger partial charge on any atom is -0.382 e. The Labute approximate surface area is 163 Å². The van der Waals surface area contributed by atoms with E-state index in [0.29, 0.717) is 11.4 Å². The maximum Gasteiger partial charge on any atom is 0.278 e. The Morgan fingerprint density at radius 1 is 1.07 bits per heavy atom. The third kappa shape index (κ3) is 3.94. The van der Waals surface area contributed by atoms with Crippen molar-refractivity contribution in [3.63, 3.8) is 0 Å². The fourth-order valence-corrected chi connectivity index (χ4v) is 3.10. The Kier molecular flexibility index (Phi) is 5.16. The number of amides is 1. The van der Waals surface area contributed by atoms with Crippen LogP contribution in [0.15, 0.2) is 60.8 Å². The van der Waals surface area contributed by atoms with Crippen LogP contribution in [0.25, 0.3) is 11.3 Å². The van der Waals surface area contributed by atoms with Crippen molar-refractivity contribution in [2.45, 2.75) is 0 Å². The number of rotatable bonds is 4. The fourth-order valence-electron chi connectivity index (χ4n) is 3.10. The molecular weight excluding hydrogens is 354 g/mol. The van der Waals surface area contributed by atoms with E-state index in [9.17, 15) is 4.79 Å². The van der Waals surface area contributed by atoms with Crippen molar-refractivity contribution in [3.05, 3.63) is 66.5 Å². The van der Waals surface area contributed by atoms with Crippen molar-refractivity contribution in [2.24, 2.45) is 0 Å². The van der Waals surface area contributed by atoms with Crippen molar-refractivity contribution >= 4 is 23.1 Å². The van der Waals surface area contributed by atoms with E-state index in [1.54, 1.807) is 18.3 Å². The summed E-state index contributed by atoms with van der Waals surface area (Å²) in [6.07, 6.45) is 1.59. The summed E-state index contributed by atoms with van der Waals surface area (Å²) in [5.41, 5.74) is 9.27. The van der Waals surface area contributed by atoms with E-state index in [2.05, 4.69) is 26.3 Å². The summed E-state index contributed by atoms with van der Waals surface area (Å²) in [5, 5.41) is 2.80. The van der Waals surface area contributed by atoms with Gasteiger partial charge in [-0.15, -0.1) is 0 Å². The van der Waals surface area contributed by atoms with Crippen LogP contribution in [0, 0.1) is 0 Å². The van der Waals surface area contributed by atoms with Gasteiger partial charge in [-0.25, -0.2) is 9.97 Å². The first-order chi connectivity index (χ1) is 13.7. The molecule has 0 aliphatic carbocycles. The van der Waals surface area contributed by atoms with Gasteiger partial charge in [-0.3, -0.25) is 4.79 Å². The van der Waals surface area contributed by atoms with Gasteiger partial charge < -0.3 is 20.7 Å². The summed E-state index contributed by atoms with van der Waals surface area (Å²) in [7, 11) is 0. The lowest BCUT2D eigenvalue weighted by Crippen LogP contribution is -2.36. The molecule has 28 heavy (non-hydrogen) atoms. The van der Waals surface area contributed by atoms with Crippen LogP contribution in [0.5, 0.6) is 0 Å². The molecule has 0 bridgehead atoms. The average molecular weight is 375 g/mol. The Hall–Kier alpha value is -3.45. The fraction of sp³-hybridized carbons (Fsp3) is 0.190. The minimum absolute atomic E-state index is 0.0986. The van der Waals surface area contributed by atoms with Crippen molar-refractivity contribution in [3.8, 4) is 11.3 Å². The summed E-state index contributed by atoms with van der Waals surface area (Å²) >= 11 is 0. The monoisotopic (exact) mass is 375 g/mol. The molecule has 142 valence electrons. The Morgan fingerprint density at radius 3 is 2.64 bits per heavy atom. The van der Waals surface area contributed by atoms with E-state index in [1.807, 2.05) is 36.4 Å². The standard InChI is InChI=1S/C21H21N5O2/c22-20-19(21(27)24-16-6-2-1-3-7-16)25-18(14-23-20)15-5-4-8-17(13-15)26-9-11-28-12-10-26/h1-8,13-14H,9-12H2,(H2,22,23)(H,24,27). The highest BCUT2D eigenvalue weighted by Gasteiger charge is 2.16. The molecule has 0 spiro atoms. The quantitative estimate of drug-likeness (QED) is 0.728. The van der Waals surface area contributed by atoms with Gasteiger partial charge >= 0.3 is 0 Å². The highest BCUT2D eigenvalue weighted by atomic mass is 16.5. The molecule has 2 heterocycles. The normalized spacial score (nSPS) is 13.9. The predicted octanol–water partition coefficient (Wildman–Crippen LogP) is 2.81. The number of hydrogen-bond donors (Lipinski definition) is 2. The van der Waals surface area contributed by atoms with Crippen LogP contribution in [-0.2, 0) is 4.74 Å². The molecule has 0 atom stereocenters. The van der Waals surface area contributed by atoms with Crippen LogP contribution in [0.2, 0.25) is 0 Å². The number of nitrogens with zero attached hydrogens (tertiary/aromatic N) is 3. The molecule has 3 N–H and O–H groups in total. The van der Waals surface area contributed by atoms with E-state index in [-0.39, 0.29) is 17.4 Å². The number of nitrogens with one attached hydrogen (secondary N) is 1. The Morgan fingerprint density at radius 2 is 1.86 bits per heavy atom. The van der Waals surface area contributed by atoms with Gasteiger partial charge in [0, 0.05) is 30.0 Å². The molecular formula is C21H21N5O2. The van der Waals surface area contributed by atoms with Gasteiger partial charge in [-0.2, -0.15) is 0 Å². The number of para-hydroxylation sites is 1. The molecule has 7 nitrogen and oxygen atoms in total. The average Bonchev–Trinajstić information content (AvgIpc) is 2.75. The summed E-state index contributed by atoms with van der Waals surface area (Å²) in [4.78, 5) is 23.5. The van der Waals surface area contributed by atoms with Crippen molar-refractivity contribution in [1.82, 2.24) is 9.97 Å². The molecule has 2 aromatic carbocycles. The van der Waals surface area contributed by atoms with E-state index in [1.165, 1.54) is 0 Å². The highest BCUT2D eigenvalue weighted by molar-refractivity contribution is 6.05. The van der Waals surface area contributed by atoms with E-state index in [4.69, 9.17) is 10.5 Å². The molecule has 1 aliphatic heterocycles. The third-order valence-electron chi connectivity index (χ3n) is 4.57. The predicted molar refractivity (Wildman–Crippen MR) is 109 cm³/mol. The maximum atomic E-state index is 12.6. The number of ether oxygens (including phenoxy) is 1. The molecule has 0 saturated carbocycles. The first kappa shape index (κ1) is 17.9. The van der Waals surface area contributed by atoms with Gasteiger partial charge in [0.05, 0.1) is 25.1 Å². The molecule has 1 saturated heterocycles. The number of morpholine rings is 1. The number of nitrogens with two attached hydrogens (primary N) is 1. The second-order valence-electron chi connectivity index (χ2n) is 6.46. The first-order valence-corrected chi connectivity index (χ1v) is 9.13. The largest absolute Gasteiger partial charge is 0.382 e. The second-order valence-corrected chi connectivity index (χ2v) is 6.46. The van der Waals surface area contributed by atoms with Crippen LogP contribution in [0.4, 0.5) is 17.2 Å². The summed E-state index contributed by atoms with van der Waals surface area (Å²) in [5.74, 6) is -0.288. The SMILES string of the molecule is Nc1ncc(-c2cccc(N3CCOCC3)c2)nc1C(=O)Nc1ccccc1. The molecule has 0 unspecified atom stereocenters. The maximum absolute atomic E-state index is 12.6. The Bertz CT molecular complexity index is 972. The zero-order valence-electron chi connectivity index (χ0n) is 15.3. The lowest BCUT2D eigenvalue weighted by molar-refractivity contribution is 0.102. The number of aromatic nitrogens is 2. The summed E-state index contributed by atoms with van der Waals surface area (Å²) in [6.45, 7) is 3.13. The zero-order chi connectivity index (χ0) is 19.3. The van der Waals surface area contributed by atoms with Gasteiger partial charge in [-0.1, -0.05) is 30.3 Å². The van der Waals surface area contributed by atoms with Crippen LogP contribution >= 0.6 is 0 Å². The lowest BCUT2D eigenvalue weighted by atomic mass is 10.1. The smallest absolute Gasteiger partial charge is 0.278 e. The van der Waals surface area contributed by atoms with Gasteiger partial charge in [0.1, 0.15) is 0 Å². The van der Waals surface area contributed by atoms with E-state index < -0.39 is 0 Å². The summed E-state index contributed by atoms with van der Waals surface area (Å²) in [6, 6.07) is 17.2. The number of anilines is 3. The van der Waals surface area contributed by atoms with Crippen LogP contribution in [0.1, 0.15) is 10.5 Å². The highest BCUT2D eigenvalue weighted by Crippen LogP contribution is 2.25. The zero-order valence-corrected chi connectivity index (χ0v) is 15.3. The number of carbonyl (C=O) groups excluding carboxylic acids is 1. The molecule has 1 amide bonds. The number of hydrogen-bond acceptors (Lipinski definition) is 6. The van der Waals surface area contributed by atoms with E-state index >= 15 is 0 Å². The van der Waals surface area contributed by atoms with Gasteiger partial charge in [-0.05, 0) is 24.3 Å². The van der Waals surface area contributed by atoms with E-state index in [0.717, 1.165) is 37.6 Å². The second kappa shape index (κ2) is 8.06. The van der Waals surface area contributed by atoms with Gasteiger partial charge in [0.25, 0.3) is 5.91 Å². The minimum atomic E-state index is -0.387. The Balaban J connectivity index is 1.61. The number of benzene rings is 2. The molecule has 1 fully saturated rings. The van der Waals surface area contributed by atoms with Crippen LogP contribution < -0.4 is 16.0 Å². The molecule has 7 heteroatoms. The van der Waals surface area contributed by atoms with Gasteiger partial charge in [0.15, 0.2) is 11.5 Å². The third-order valence-corrected chi connectivity index (χ3v) is 4.57. The van der Waals surface area contributed by atoms with Crippen LogP contribution in [-0.4, -0.2) is 42.2 Å². The summed E-state index contributed by atoms with van der Waals surface area (Å²) < 4.78 is 5.42. The van der Waals surface area contributed by atoms with Crippen molar-refractivity contribution in [1.29, 1.82) is 0 Å². The number of carbonyl (C=O) groups is 1. The van der Waals surface area contributed by atoms with Gasteiger partial charge in [0.2, 0.25) is 0 Å². The molecule has 0 radical (unpaired) electrons. The molecule has 1 aliphatic rings.